The van der Waals surface area contributed by atoms with Crippen LogP contribution in [0, 0.1) is 5.92 Å². The highest BCUT2D eigenvalue weighted by molar-refractivity contribution is 5.93. The molecule has 3 heterocycles. The molecule has 0 bridgehead atoms. The number of furan rings is 1. The second-order valence-electron chi connectivity index (χ2n) is 6.30. The Morgan fingerprint density at radius 3 is 2.81 bits per heavy atom. The Bertz CT molecular complexity index is 843. The number of hydrogen-bond acceptors (Lipinski definition) is 5. The van der Waals surface area contributed by atoms with Crippen LogP contribution in [0.3, 0.4) is 0 Å². The van der Waals surface area contributed by atoms with Gasteiger partial charge in [-0.2, -0.15) is 0 Å². The quantitative estimate of drug-likeness (QED) is 0.702. The smallest absolute Gasteiger partial charge is 0.253 e. The lowest BCUT2D eigenvalue weighted by molar-refractivity contribution is 0.0950. The minimum absolute atomic E-state index is 0.190. The number of hydrogen-bond donors (Lipinski definition) is 1. The highest BCUT2D eigenvalue weighted by Crippen LogP contribution is 2.18. The number of rotatable bonds is 7. The standard InChI is InChI=1S/C20H21N3O3/c1-14(2)13-26-19-6-5-16(12-22-19)20(24)23-11-15-7-8-21-17(10-15)18-4-3-9-25-18/h3-10,12,14H,11,13H2,1-2H3,(H,23,24). The van der Waals surface area contributed by atoms with E-state index in [1.165, 1.54) is 6.20 Å². The molecule has 0 saturated carbocycles. The Balaban J connectivity index is 1.58. The summed E-state index contributed by atoms with van der Waals surface area (Å²) in [6, 6.07) is 10.8. The predicted octanol–water partition coefficient (Wildman–Crippen LogP) is 3.70. The number of ether oxygens (including phenoxy) is 1. The molecule has 3 aromatic heterocycles. The van der Waals surface area contributed by atoms with E-state index in [1.54, 1.807) is 24.6 Å². The fourth-order valence-corrected chi connectivity index (χ4v) is 2.28. The molecule has 1 amide bonds. The third kappa shape index (κ3) is 4.69. The number of amides is 1. The Hall–Kier alpha value is -3.15. The molecule has 0 atom stereocenters. The number of aromatic nitrogens is 2. The largest absolute Gasteiger partial charge is 0.477 e. The van der Waals surface area contributed by atoms with Crippen LogP contribution in [-0.4, -0.2) is 22.5 Å². The van der Waals surface area contributed by atoms with Gasteiger partial charge in [0.25, 0.3) is 5.91 Å². The number of carbonyl (C=O) groups is 1. The van der Waals surface area contributed by atoms with Crippen LogP contribution in [-0.2, 0) is 6.54 Å². The molecule has 6 nitrogen and oxygen atoms in total. The van der Waals surface area contributed by atoms with Crippen molar-refractivity contribution in [3.63, 3.8) is 0 Å². The van der Waals surface area contributed by atoms with Crippen LogP contribution < -0.4 is 10.1 Å². The van der Waals surface area contributed by atoms with Gasteiger partial charge in [0.2, 0.25) is 5.88 Å². The van der Waals surface area contributed by atoms with Crippen LogP contribution in [0.5, 0.6) is 5.88 Å². The molecule has 0 aliphatic heterocycles. The van der Waals surface area contributed by atoms with Crippen LogP contribution in [0.1, 0.15) is 29.8 Å². The van der Waals surface area contributed by atoms with Gasteiger partial charge in [-0.05, 0) is 41.8 Å². The third-order valence-electron chi connectivity index (χ3n) is 3.61. The molecule has 3 aromatic rings. The Morgan fingerprint density at radius 2 is 2.12 bits per heavy atom. The van der Waals surface area contributed by atoms with Gasteiger partial charge in [-0.3, -0.25) is 9.78 Å². The van der Waals surface area contributed by atoms with E-state index in [-0.39, 0.29) is 5.91 Å². The number of pyridine rings is 2. The van der Waals surface area contributed by atoms with Gasteiger partial charge in [0, 0.05) is 25.0 Å². The van der Waals surface area contributed by atoms with E-state index in [2.05, 4.69) is 29.1 Å². The van der Waals surface area contributed by atoms with Crippen LogP contribution in [0.25, 0.3) is 11.5 Å². The summed E-state index contributed by atoms with van der Waals surface area (Å²) in [5.41, 5.74) is 2.15. The maximum atomic E-state index is 12.3. The van der Waals surface area contributed by atoms with Crippen molar-refractivity contribution in [1.82, 2.24) is 15.3 Å². The molecule has 26 heavy (non-hydrogen) atoms. The van der Waals surface area contributed by atoms with E-state index >= 15 is 0 Å². The lowest BCUT2D eigenvalue weighted by atomic mass is 10.2. The summed E-state index contributed by atoms with van der Waals surface area (Å²) in [5.74, 6) is 1.45. The van der Waals surface area contributed by atoms with Gasteiger partial charge in [-0.25, -0.2) is 4.98 Å². The van der Waals surface area contributed by atoms with Crippen molar-refractivity contribution in [3.8, 4) is 17.3 Å². The van der Waals surface area contributed by atoms with Crippen molar-refractivity contribution < 1.29 is 13.9 Å². The summed E-state index contributed by atoms with van der Waals surface area (Å²) in [6.07, 6.45) is 4.82. The van der Waals surface area contributed by atoms with Crippen molar-refractivity contribution in [1.29, 1.82) is 0 Å². The first-order valence-corrected chi connectivity index (χ1v) is 8.47. The van der Waals surface area contributed by atoms with E-state index in [0.717, 1.165) is 11.3 Å². The molecule has 0 spiro atoms. The average Bonchev–Trinajstić information content (AvgIpc) is 3.20. The van der Waals surface area contributed by atoms with Gasteiger partial charge in [-0.15, -0.1) is 0 Å². The molecule has 0 aliphatic rings. The molecule has 0 fully saturated rings. The zero-order valence-electron chi connectivity index (χ0n) is 14.8. The monoisotopic (exact) mass is 351 g/mol. The summed E-state index contributed by atoms with van der Waals surface area (Å²) in [7, 11) is 0. The molecule has 0 saturated heterocycles. The second kappa shape index (κ2) is 8.29. The van der Waals surface area contributed by atoms with E-state index in [4.69, 9.17) is 9.15 Å². The van der Waals surface area contributed by atoms with E-state index < -0.39 is 0 Å². The minimum atomic E-state index is -0.190. The lowest BCUT2D eigenvalue weighted by Crippen LogP contribution is -2.23. The highest BCUT2D eigenvalue weighted by atomic mass is 16.5. The number of nitrogens with zero attached hydrogens (tertiary/aromatic N) is 2. The van der Waals surface area contributed by atoms with Crippen LogP contribution in [0.15, 0.2) is 59.5 Å². The van der Waals surface area contributed by atoms with Crippen molar-refractivity contribution in [2.24, 2.45) is 5.92 Å². The summed E-state index contributed by atoms with van der Waals surface area (Å²) in [5, 5.41) is 2.88. The molecular weight excluding hydrogens is 330 g/mol. The average molecular weight is 351 g/mol. The van der Waals surface area contributed by atoms with E-state index in [0.29, 0.717) is 36.3 Å². The first-order chi connectivity index (χ1) is 12.6. The van der Waals surface area contributed by atoms with Crippen molar-refractivity contribution in [3.05, 3.63) is 66.2 Å². The molecule has 6 heteroatoms. The number of nitrogens with one attached hydrogen (secondary N) is 1. The first-order valence-electron chi connectivity index (χ1n) is 8.47. The topological polar surface area (TPSA) is 77.2 Å². The van der Waals surface area contributed by atoms with E-state index in [9.17, 15) is 4.79 Å². The summed E-state index contributed by atoms with van der Waals surface area (Å²) < 4.78 is 10.9. The van der Waals surface area contributed by atoms with E-state index in [1.807, 2.05) is 24.3 Å². The minimum Gasteiger partial charge on any atom is -0.477 e. The van der Waals surface area contributed by atoms with Gasteiger partial charge in [0.1, 0.15) is 5.69 Å². The first kappa shape index (κ1) is 17.7. The Labute approximate surface area is 152 Å². The summed E-state index contributed by atoms with van der Waals surface area (Å²) >= 11 is 0. The molecule has 0 aliphatic carbocycles. The fraction of sp³-hybridized carbons (Fsp3) is 0.250. The van der Waals surface area contributed by atoms with Crippen molar-refractivity contribution in [2.45, 2.75) is 20.4 Å². The molecule has 134 valence electrons. The Morgan fingerprint density at radius 1 is 1.23 bits per heavy atom. The van der Waals surface area contributed by atoms with Gasteiger partial charge >= 0.3 is 0 Å². The molecule has 0 unspecified atom stereocenters. The molecule has 1 N–H and O–H groups in total. The Kier molecular flexibility index (Phi) is 5.63. The maximum Gasteiger partial charge on any atom is 0.253 e. The van der Waals surface area contributed by atoms with Crippen LogP contribution >= 0.6 is 0 Å². The SMILES string of the molecule is CC(C)COc1ccc(C(=O)NCc2ccnc(-c3ccco3)c2)cn1. The second-order valence-corrected chi connectivity index (χ2v) is 6.30. The zero-order chi connectivity index (χ0) is 18.4. The van der Waals surface area contributed by atoms with Crippen molar-refractivity contribution >= 4 is 5.91 Å². The van der Waals surface area contributed by atoms with Crippen LogP contribution in [0.4, 0.5) is 0 Å². The zero-order valence-corrected chi connectivity index (χ0v) is 14.8. The highest BCUT2D eigenvalue weighted by Gasteiger charge is 2.08. The molecule has 0 aromatic carbocycles. The van der Waals surface area contributed by atoms with Gasteiger partial charge < -0.3 is 14.5 Å². The van der Waals surface area contributed by atoms with Crippen molar-refractivity contribution in [2.75, 3.05) is 6.61 Å². The van der Waals surface area contributed by atoms with Crippen LogP contribution in [0.2, 0.25) is 0 Å². The third-order valence-corrected chi connectivity index (χ3v) is 3.61. The van der Waals surface area contributed by atoms with Gasteiger partial charge in [0.05, 0.1) is 18.4 Å². The summed E-state index contributed by atoms with van der Waals surface area (Å²) in [6.45, 7) is 5.12. The number of carbonyl (C=O) groups excluding carboxylic acids is 1. The van der Waals surface area contributed by atoms with Gasteiger partial charge in [-0.1, -0.05) is 13.8 Å². The predicted molar refractivity (Wildman–Crippen MR) is 97.7 cm³/mol. The molecule has 0 radical (unpaired) electrons. The summed E-state index contributed by atoms with van der Waals surface area (Å²) in [4.78, 5) is 20.7. The fourth-order valence-electron chi connectivity index (χ4n) is 2.28. The van der Waals surface area contributed by atoms with Gasteiger partial charge in [0.15, 0.2) is 5.76 Å². The lowest BCUT2D eigenvalue weighted by Gasteiger charge is -2.09. The molecular formula is C20H21N3O3. The normalized spacial score (nSPS) is 10.7. The molecule has 3 rings (SSSR count). The maximum absolute atomic E-state index is 12.3.